The minimum atomic E-state index is -3.51. The Morgan fingerprint density at radius 2 is 1.94 bits per heavy atom. The van der Waals surface area contributed by atoms with Crippen molar-refractivity contribution in [2.75, 3.05) is 36.1 Å². The summed E-state index contributed by atoms with van der Waals surface area (Å²) < 4.78 is 24.1. The van der Waals surface area contributed by atoms with Crippen LogP contribution >= 0.6 is 11.6 Å². The Hall–Kier alpha value is -2.65. The summed E-state index contributed by atoms with van der Waals surface area (Å²) >= 11 is 5.99. The highest BCUT2D eigenvalue weighted by atomic mass is 35.5. The first kappa shape index (κ1) is 24.0. The topological polar surface area (TPSA) is 108 Å². The van der Waals surface area contributed by atoms with Gasteiger partial charge in [0.05, 0.1) is 10.6 Å². The number of anilines is 2. The molecule has 3 rings (SSSR count). The summed E-state index contributed by atoms with van der Waals surface area (Å²) in [5.74, 6) is 0.421. The molecule has 10 heteroatoms. The number of pyridine rings is 1. The molecule has 1 fully saturated rings. The first-order chi connectivity index (χ1) is 15.2. The third kappa shape index (κ3) is 6.20. The van der Waals surface area contributed by atoms with E-state index in [1.807, 2.05) is 11.8 Å². The number of halogens is 1. The average molecular weight is 479 g/mol. The van der Waals surface area contributed by atoms with E-state index in [1.54, 1.807) is 18.2 Å². The minimum absolute atomic E-state index is 0.0220. The Labute approximate surface area is 193 Å². The van der Waals surface area contributed by atoms with Gasteiger partial charge in [-0.1, -0.05) is 17.7 Å². The summed E-state index contributed by atoms with van der Waals surface area (Å²) in [6.45, 7) is 3.81. The van der Waals surface area contributed by atoms with Gasteiger partial charge in [-0.2, -0.15) is 0 Å². The quantitative estimate of drug-likeness (QED) is 0.632. The zero-order valence-corrected chi connectivity index (χ0v) is 19.7. The maximum absolute atomic E-state index is 12.8. The van der Waals surface area contributed by atoms with Crippen molar-refractivity contribution in [3.63, 3.8) is 0 Å². The number of carbonyl (C=O) groups excluding carboxylic acids is 2. The third-order valence-electron chi connectivity index (χ3n) is 5.37. The molecule has 1 aromatic heterocycles. The lowest BCUT2D eigenvalue weighted by Gasteiger charge is -2.33. The highest BCUT2D eigenvalue weighted by molar-refractivity contribution is 7.90. The average Bonchev–Trinajstić information content (AvgIpc) is 2.74. The molecule has 2 heterocycles. The zero-order valence-electron chi connectivity index (χ0n) is 18.1. The van der Waals surface area contributed by atoms with E-state index >= 15 is 0 Å². The number of aromatic nitrogens is 1. The Balaban J connectivity index is 1.81. The van der Waals surface area contributed by atoms with Crippen molar-refractivity contribution in [1.82, 2.24) is 10.3 Å². The summed E-state index contributed by atoms with van der Waals surface area (Å²) in [5.41, 5.74) is 0.675. The molecule has 0 radical (unpaired) electrons. The second kappa shape index (κ2) is 10.3. The van der Waals surface area contributed by atoms with Crippen molar-refractivity contribution < 1.29 is 18.0 Å². The van der Waals surface area contributed by atoms with Crippen LogP contribution in [0.25, 0.3) is 0 Å². The van der Waals surface area contributed by atoms with Gasteiger partial charge in [0.1, 0.15) is 0 Å². The molecule has 8 nitrogen and oxygen atoms in total. The van der Waals surface area contributed by atoms with Gasteiger partial charge in [-0.15, -0.1) is 0 Å². The molecule has 0 unspecified atom stereocenters. The van der Waals surface area contributed by atoms with Gasteiger partial charge in [-0.25, -0.2) is 13.4 Å². The van der Waals surface area contributed by atoms with Gasteiger partial charge in [-0.3, -0.25) is 9.59 Å². The van der Waals surface area contributed by atoms with Crippen molar-refractivity contribution in [3.05, 3.63) is 47.1 Å². The van der Waals surface area contributed by atoms with Gasteiger partial charge >= 0.3 is 0 Å². The Morgan fingerprint density at radius 1 is 1.22 bits per heavy atom. The van der Waals surface area contributed by atoms with Crippen LogP contribution in [0.15, 0.2) is 41.4 Å². The van der Waals surface area contributed by atoms with E-state index in [2.05, 4.69) is 15.6 Å². The second-order valence-electron chi connectivity index (χ2n) is 7.87. The van der Waals surface area contributed by atoms with Crippen LogP contribution in [0.2, 0.25) is 5.02 Å². The van der Waals surface area contributed by atoms with Crippen LogP contribution in [-0.4, -0.2) is 51.1 Å². The van der Waals surface area contributed by atoms with E-state index in [9.17, 15) is 18.0 Å². The molecule has 172 valence electrons. The number of hydrogen-bond acceptors (Lipinski definition) is 6. The van der Waals surface area contributed by atoms with Gasteiger partial charge in [-0.05, 0) is 49.9 Å². The zero-order chi connectivity index (χ0) is 23.3. The monoisotopic (exact) mass is 478 g/mol. The van der Waals surface area contributed by atoms with E-state index in [0.29, 0.717) is 48.1 Å². The number of nitrogens with zero attached hydrogens (tertiary/aromatic N) is 2. The molecule has 1 aliphatic heterocycles. The van der Waals surface area contributed by atoms with Gasteiger partial charge in [0, 0.05) is 49.1 Å². The molecule has 0 atom stereocenters. The number of rotatable bonds is 7. The van der Waals surface area contributed by atoms with Crippen molar-refractivity contribution in [1.29, 1.82) is 0 Å². The molecule has 1 saturated heterocycles. The molecule has 1 aromatic carbocycles. The van der Waals surface area contributed by atoms with Gasteiger partial charge in [0.25, 0.3) is 5.91 Å². The van der Waals surface area contributed by atoms with Crippen LogP contribution in [0.3, 0.4) is 0 Å². The maximum atomic E-state index is 12.8. The van der Waals surface area contributed by atoms with Crippen molar-refractivity contribution in [2.45, 2.75) is 31.1 Å². The van der Waals surface area contributed by atoms with E-state index < -0.39 is 15.7 Å². The fraction of sp³-hybridized carbons (Fsp3) is 0.409. The molecular weight excluding hydrogens is 452 g/mol. The van der Waals surface area contributed by atoms with Crippen LogP contribution in [0.1, 0.15) is 36.5 Å². The molecular formula is C22H27ClN4O4S. The Kier molecular flexibility index (Phi) is 7.73. The predicted octanol–water partition coefficient (Wildman–Crippen LogP) is 3.13. The largest absolute Gasteiger partial charge is 0.356 e. The third-order valence-corrected chi connectivity index (χ3v) is 6.68. The van der Waals surface area contributed by atoms with Crippen LogP contribution in [0.5, 0.6) is 0 Å². The van der Waals surface area contributed by atoms with Crippen LogP contribution < -0.4 is 15.5 Å². The molecule has 32 heavy (non-hydrogen) atoms. The summed E-state index contributed by atoms with van der Waals surface area (Å²) in [5, 5.41) is 6.05. The normalized spacial score (nSPS) is 14.8. The number of sulfone groups is 1. The lowest BCUT2D eigenvalue weighted by Crippen LogP contribution is -2.37. The highest BCUT2D eigenvalue weighted by Crippen LogP contribution is 2.31. The number of benzene rings is 1. The van der Waals surface area contributed by atoms with Gasteiger partial charge < -0.3 is 15.5 Å². The van der Waals surface area contributed by atoms with Gasteiger partial charge in [0.2, 0.25) is 5.91 Å². The Bertz CT molecular complexity index is 1100. The predicted molar refractivity (Wildman–Crippen MR) is 125 cm³/mol. The fourth-order valence-corrected chi connectivity index (χ4v) is 4.46. The number of piperidine rings is 1. The number of carbonyl (C=O) groups is 2. The summed E-state index contributed by atoms with van der Waals surface area (Å²) in [6.07, 6.45) is 4.49. The molecule has 0 saturated carbocycles. The molecule has 2 N–H and O–H groups in total. The second-order valence-corrected chi connectivity index (χ2v) is 10.3. The number of hydrogen-bond donors (Lipinski definition) is 2. The van der Waals surface area contributed by atoms with E-state index in [0.717, 1.165) is 19.1 Å². The smallest absolute Gasteiger partial charge is 0.255 e. The minimum Gasteiger partial charge on any atom is -0.356 e. The molecule has 0 spiro atoms. The van der Waals surface area contributed by atoms with E-state index in [4.69, 9.17) is 11.6 Å². The number of nitrogens with one attached hydrogen (secondary N) is 2. The fourth-order valence-electron chi connectivity index (χ4n) is 3.69. The molecule has 2 aromatic rings. The van der Waals surface area contributed by atoms with E-state index in [1.165, 1.54) is 18.3 Å². The highest BCUT2D eigenvalue weighted by Gasteiger charge is 2.25. The van der Waals surface area contributed by atoms with Gasteiger partial charge in [0.15, 0.2) is 15.7 Å². The first-order valence-corrected chi connectivity index (χ1v) is 12.7. The standard InChI is InChI=1S/C22H27ClN4O4S/c1-3-24-20(28)11-15-7-9-27(10-8-15)21-19(13-18(14-25-21)32(2,30)31)26-22(29)16-5-4-6-17(23)12-16/h4-6,12-15H,3,7-11H2,1-2H3,(H,24,28)(H,26,29). The maximum Gasteiger partial charge on any atom is 0.255 e. The lowest BCUT2D eigenvalue weighted by atomic mass is 9.93. The van der Waals surface area contributed by atoms with Crippen molar-refractivity contribution in [2.24, 2.45) is 5.92 Å². The Morgan fingerprint density at radius 3 is 2.56 bits per heavy atom. The number of amides is 2. The van der Waals surface area contributed by atoms with Crippen LogP contribution in [0, 0.1) is 5.92 Å². The molecule has 0 bridgehead atoms. The van der Waals surface area contributed by atoms with Crippen molar-refractivity contribution >= 4 is 44.8 Å². The van der Waals surface area contributed by atoms with E-state index in [-0.39, 0.29) is 16.7 Å². The first-order valence-electron chi connectivity index (χ1n) is 10.5. The molecule has 1 aliphatic rings. The SMILES string of the molecule is CCNC(=O)CC1CCN(c2ncc(S(C)(=O)=O)cc2NC(=O)c2cccc(Cl)c2)CC1. The molecule has 2 amide bonds. The summed E-state index contributed by atoms with van der Waals surface area (Å²) in [7, 11) is -3.51. The van der Waals surface area contributed by atoms with Crippen LogP contribution in [0.4, 0.5) is 11.5 Å². The molecule has 0 aliphatic carbocycles. The lowest BCUT2D eigenvalue weighted by molar-refractivity contribution is -0.122. The summed E-state index contributed by atoms with van der Waals surface area (Å²) in [6, 6.07) is 7.93. The van der Waals surface area contributed by atoms with Crippen LogP contribution in [-0.2, 0) is 14.6 Å². The summed E-state index contributed by atoms with van der Waals surface area (Å²) in [4.78, 5) is 31.1. The van der Waals surface area contributed by atoms with Crippen molar-refractivity contribution in [3.8, 4) is 0 Å².